The Morgan fingerprint density at radius 2 is 1.95 bits per heavy atom. The van der Waals surface area contributed by atoms with Crippen LogP contribution in [-0.2, 0) is 24.3 Å². The molecule has 116 valence electrons. The zero-order chi connectivity index (χ0) is 15.8. The van der Waals surface area contributed by atoms with E-state index in [0.717, 1.165) is 6.42 Å². The van der Waals surface area contributed by atoms with E-state index >= 15 is 0 Å². The van der Waals surface area contributed by atoms with Crippen molar-refractivity contribution in [1.29, 1.82) is 0 Å². The molecule has 2 aromatic rings. The lowest BCUT2D eigenvalue weighted by Crippen LogP contribution is -2.38. The minimum absolute atomic E-state index is 0.181. The van der Waals surface area contributed by atoms with Gasteiger partial charge < -0.3 is 20.3 Å². The second-order valence-electron chi connectivity index (χ2n) is 4.61. The molecule has 0 aliphatic carbocycles. The van der Waals surface area contributed by atoms with Crippen LogP contribution in [0.25, 0.3) is 0 Å². The van der Waals surface area contributed by atoms with Crippen molar-refractivity contribution in [3.8, 4) is 0 Å². The first-order valence-corrected chi connectivity index (χ1v) is 6.79. The summed E-state index contributed by atoms with van der Waals surface area (Å²) >= 11 is 0. The van der Waals surface area contributed by atoms with Gasteiger partial charge >= 0.3 is 12.0 Å². The molecule has 8 heteroatoms. The van der Waals surface area contributed by atoms with Gasteiger partial charge in [0.2, 0.25) is 0 Å². The molecule has 8 nitrogen and oxygen atoms in total. The average molecular weight is 303 g/mol. The van der Waals surface area contributed by atoms with Crippen molar-refractivity contribution in [2.45, 2.75) is 19.5 Å². The first kappa shape index (κ1) is 15.5. The maximum absolute atomic E-state index is 11.4. The molecular weight excluding hydrogens is 286 g/mol. The highest BCUT2D eigenvalue weighted by Crippen LogP contribution is 2.03. The Bertz CT molecular complexity index is 626. The summed E-state index contributed by atoms with van der Waals surface area (Å²) in [5, 5.41) is 21.0. The molecule has 0 unspecified atom stereocenters. The van der Waals surface area contributed by atoms with Crippen molar-refractivity contribution in [3.63, 3.8) is 0 Å². The number of aliphatic carboxylic acids is 1. The summed E-state index contributed by atoms with van der Waals surface area (Å²) in [6, 6.07) is 9.46. The van der Waals surface area contributed by atoms with Crippen LogP contribution in [0.1, 0.15) is 11.4 Å². The number of rotatable bonds is 7. The van der Waals surface area contributed by atoms with Crippen molar-refractivity contribution in [3.05, 3.63) is 48.0 Å². The standard InChI is InChI=1S/C14H17N5O3/c20-13(21)9-16-14(22)15-8-12-18-17-10-19(12)7-6-11-4-2-1-3-5-11/h1-5,10H,6-9H2,(H,20,21)(H2,15,16,22). The van der Waals surface area contributed by atoms with Crippen LogP contribution in [0.15, 0.2) is 36.7 Å². The summed E-state index contributed by atoms with van der Waals surface area (Å²) in [5.74, 6) is -0.484. The number of carbonyl (C=O) groups is 2. The van der Waals surface area contributed by atoms with E-state index in [2.05, 4.69) is 20.8 Å². The van der Waals surface area contributed by atoms with Crippen molar-refractivity contribution in [1.82, 2.24) is 25.4 Å². The zero-order valence-electron chi connectivity index (χ0n) is 11.9. The minimum Gasteiger partial charge on any atom is -0.480 e. The van der Waals surface area contributed by atoms with Gasteiger partial charge in [0.1, 0.15) is 12.9 Å². The number of benzene rings is 1. The quantitative estimate of drug-likeness (QED) is 0.686. The fraction of sp³-hybridized carbons (Fsp3) is 0.286. The number of carboxylic acids is 1. The van der Waals surface area contributed by atoms with Gasteiger partial charge in [0.15, 0.2) is 5.82 Å². The molecule has 1 aromatic carbocycles. The lowest BCUT2D eigenvalue weighted by molar-refractivity contribution is -0.135. The van der Waals surface area contributed by atoms with Crippen LogP contribution in [0.3, 0.4) is 0 Å². The molecule has 0 saturated heterocycles. The van der Waals surface area contributed by atoms with Crippen molar-refractivity contribution in [2.75, 3.05) is 6.54 Å². The van der Waals surface area contributed by atoms with Crippen LogP contribution in [0.2, 0.25) is 0 Å². The molecule has 0 atom stereocenters. The van der Waals surface area contributed by atoms with E-state index in [1.165, 1.54) is 5.56 Å². The van der Waals surface area contributed by atoms with Crippen molar-refractivity contribution >= 4 is 12.0 Å². The number of urea groups is 1. The van der Waals surface area contributed by atoms with Crippen LogP contribution in [0.4, 0.5) is 4.79 Å². The second-order valence-corrected chi connectivity index (χ2v) is 4.61. The third-order valence-electron chi connectivity index (χ3n) is 2.99. The summed E-state index contributed by atoms with van der Waals surface area (Å²) in [5.41, 5.74) is 1.20. The maximum Gasteiger partial charge on any atom is 0.323 e. The molecule has 0 saturated carbocycles. The van der Waals surface area contributed by atoms with Gasteiger partial charge in [-0.3, -0.25) is 4.79 Å². The molecule has 1 heterocycles. The van der Waals surface area contributed by atoms with Crippen LogP contribution >= 0.6 is 0 Å². The molecule has 0 aliphatic rings. The smallest absolute Gasteiger partial charge is 0.323 e. The summed E-state index contributed by atoms with van der Waals surface area (Å²) in [4.78, 5) is 21.7. The number of carboxylic acid groups (broad SMARTS) is 1. The van der Waals surface area contributed by atoms with E-state index in [-0.39, 0.29) is 6.54 Å². The molecule has 3 N–H and O–H groups in total. The molecule has 0 radical (unpaired) electrons. The van der Waals surface area contributed by atoms with Gasteiger partial charge in [-0.05, 0) is 12.0 Å². The Kier molecular flexibility index (Phi) is 5.47. The predicted octanol–water partition coefficient (Wildman–Crippen LogP) is 0.405. The summed E-state index contributed by atoms with van der Waals surface area (Å²) < 4.78 is 1.85. The van der Waals surface area contributed by atoms with Crippen LogP contribution in [-0.4, -0.2) is 38.4 Å². The third kappa shape index (κ3) is 4.89. The Balaban J connectivity index is 1.82. The van der Waals surface area contributed by atoms with Crippen LogP contribution in [0.5, 0.6) is 0 Å². The number of carbonyl (C=O) groups excluding carboxylic acids is 1. The van der Waals surface area contributed by atoms with Crippen molar-refractivity contribution in [2.24, 2.45) is 0 Å². The first-order chi connectivity index (χ1) is 10.6. The fourth-order valence-electron chi connectivity index (χ4n) is 1.87. The monoisotopic (exact) mass is 303 g/mol. The topological polar surface area (TPSA) is 109 Å². The van der Waals surface area contributed by atoms with Crippen LogP contribution < -0.4 is 10.6 Å². The molecule has 0 spiro atoms. The minimum atomic E-state index is -1.10. The largest absolute Gasteiger partial charge is 0.480 e. The van der Waals surface area contributed by atoms with Gasteiger partial charge in [-0.1, -0.05) is 30.3 Å². The van der Waals surface area contributed by atoms with E-state index in [1.807, 2.05) is 34.9 Å². The van der Waals surface area contributed by atoms with Gasteiger partial charge in [-0.15, -0.1) is 10.2 Å². The van der Waals surface area contributed by atoms with Gasteiger partial charge in [0.25, 0.3) is 0 Å². The van der Waals surface area contributed by atoms with E-state index in [9.17, 15) is 9.59 Å². The highest BCUT2D eigenvalue weighted by Gasteiger charge is 2.07. The Labute approximate surface area is 127 Å². The van der Waals surface area contributed by atoms with E-state index in [4.69, 9.17) is 5.11 Å². The SMILES string of the molecule is O=C(O)CNC(=O)NCc1nncn1CCc1ccccc1. The van der Waals surface area contributed by atoms with Gasteiger partial charge in [-0.2, -0.15) is 0 Å². The number of nitrogens with one attached hydrogen (secondary N) is 2. The number of hydrogen-bond acceptors (Lipinski definition) is 4. The summed E-state index contributed by atoms with van der Waals surface area (Å²) in [7, 11) is 0. The Hall–Kier alpha value is -2.90. The number of nitrogens with zero attached hydrogens (tertiary/aromatic N) is 3. The lowest BCUT2D eigenvalue weighted by Gasteiger charge is -2.08. The summed E-state index contributed by atoms with van der Waals surface area (Å²) in [6.45, 7) is 0.456. The molecule has 1 aromatic heterocycles. The predicted molar refractivity (Wildman–Crippen MR) is 78.0 cm³/mol. The van der Waals surface area contributed by atoms with E-state index in [0.29, 0.717) is 12.4 Å². The fourth-order valence-corrected chi connectivity index (χ4v) is 1.87. The first-order valence-electron chi connectivity index (χ1n) is 6.79. The number of aryl methyl sites for hydroxylation is 2. The summed E-state index contributed by atoms with van der Waals surface area (Å²) in [6.07, 6.45) is 2.44. The van der Waals surface area contributed by atoms with Gasteiger partial charge in [0.05, 0.1) is 6.54 Å². The molecule has 0 fully saturated rings. The van der Waals surface area contributed by atoms with Crippen LogP contribution in [0, 0.1) is 0 Å². The molecular formula is C14H17N5O3. The normalized spacial score (nSPS) is 10.2. The van der Waals surface area contributed by atoms with Gasteiger partial charge in [0, 0.05) is 6.54 Å². The van der Waals surface area contributed by atoms with E-state index < -0.39 is 18.5 Å². The number of aromatic nitrogens is 3. The third-order valence-corrected chi connectivity index (χ3v) is 2.99. The Morgan fingerprint density at radius 3 is 2.68 bits per heavy atom. The van der Waals surface area contributed by atoms with Crippen molar-refractivity contribution < 1.29 is 14.7 Å². The average Bonchev–Trinajstić information content (AvgIpc) is 2.97. The number of hydrogen-bond donors (Lipinski definition) is 3. The lowest BCUT2D eigenvalue weighted by atomic mass is 10.1. The molecule has 22 heavy (non-hydrogen) atoms. The molecule has 0 bridgehead atoms. The highest BCUT2D eigenvalue weighted by molar-refractivity contribution is 5.79. The molecule has 2 amide bonds. The maximum atomic E-state index is 11.4. The van der Waals surface area contributed by atoms with Gasteiger partial charge in [-0.25, -0.2) is 4.79 Å². The van der Waals surface area contributed by atoms with E-state index in [1.54, 1.807) is 6.33 Å². The zero-order valence-corrected chi connectivity index (χ0v) is 11.9. The highest BCUT2D eigenvalue weighted by atomic mass is 16.4. The Morgan fingerprint density at radius 1 is 1.18 bits per heavy atom. The number of amides is 2. The molecule has 0 aliphatic heterocycles. The molecule has 2 rings (SSSR count). The second kappa shape index (κ2) is 7.77.